The standard InChI is InChI=1S/C25H20ClFN2O2S/c1-16-5-10-22-21(13-16)25(24(31)28(22)15-17-6-8-20(27)9-7-17)29(11-12-32-25)23(30)18-3-2-4-19(26)14-18/h2-10,13-14H,11-12,15H2,1H3/t25-/m0/s1. The molecule has 0 bridgehead atoms. The van der Waals surface area contributed by atoms with E-state index in [1.165, 1.54) is 23.9 Å². The summed E-state index contributed by atoms with van der Waals surface area (Å²) in [6, 6.07) is 18.8. The van der Waals surface area contributed by atoms with Gasteiger partial charge in [-0.2, -0.15) is 0 Å². The van der Waals surface area contributed by atoms with Crippen LogP contribution in [-0.4, -0.2) is 29.0 Å². The maximum absolute atomic E-state index is 14.0. The molecule has 3 aromatic rings. The Bertz CT molecular complexity index is 1230. The third kappa shape index (κ3) is 3.29. The van der Waals surface area contributed by atoms with Crippen LogP contribution in [0.25, 0.3) is 0 Å². The third-order valence-corrected chi connectivity index (χ3v) is 7.57. The second kappa shape index (κ2) is 7.94. The van der Waals surface area contributed by atoms with Crippen molar-refractivity contribution in [2.24, 2.45) is 0 Å². The summed E-state index contributed by atoms with van der Waals surface area (Å²) in [4.78, 5) is 29.8. The number of amides is 2. The largest absolute Gasteiger partial charge is 0.311 e. The lowest BCUT2D eigenvalue weighted by Gasteiger charge is -2.33. The van der Waals surface area contributed by atoms with E-state index >= 15 is 0 Å². The number of rotatable bonds is 3. The van der Waals surface area contributed by atoms with Crippen LogP contribution in [-0.2, 0) is 16.2 Å². The Morgan fingerprint density at radius 1 is 1.12 bits per heavy atom. The van der Waals surface area contributed by atoms with Crippen molar-refractivity contribution in [3.8, 4) is 0 Å². The van der Waals surface area contributed by atoms with E-state index in [9.17, 15) is 14.0 Å². The van der Waals surface area contributed by atoms with E-state index in [1.807, 2.05) is 25.1 Å². The molecule has 2 aliphatic heterocycles. The van der Waals surface area contributed by atoms with Crippen molar-refractivity contribution in [2.75, 3.05) is 17.2 Å². The van der Waals surface area contributed by atoms with Gasteiger partial charge in [0.05, 0.1) is 12.2 Å². The van der Waals surface area contributed by atoms with Gasteiger partial charge in [0.2, 0.25) is 0 Å². The fourth-order valence-electron chi connectivity index (χ4n) is 4.44. The van der Waals surface area contributed by atoms with E-state index in [0.29, 0.717) is 29.4 Å². The van der Waals surface area contributed by atoms with Crippen molar-refractivity contribution >= 4 is 40.9 Å². The van der Waals surface area contributed by atoms with Gasteiger partial charge >= 0.3 is 0 Å². The average Bonchev–Trinajstić information content (AvgIpc) is 3.32. The smallest absolute Gasteiger partial charge is 0.268 e. The Balaban J connectivity index is 1.59. The Kier molecular flexibility index (Phi) is 5.22. The number of thioether (sulfide) groups is 1. The van der Waals surface area contributed by atoms with Gasteiger partial charge in [-0.15, -0.1) is 11.8 Å². The first-order valence-corrected chi connectivity index (χ1v) is 11.7. The van der Waals surface area contributed by atoms with E-state index in [1.54, 1.807) is 46.2 Å². The molecule has 4 nitrogen and oxygen atoms in total. The van der Waals surface area contributed by atoms with Crippen LogP contribution in [0.3, 0.4) is 0 Å². The van der Waals surface area contributed by atoms with E-state index in [4.69, 9.17) is 11.6 Å². The van der Waals surface area contributed by atoms with Crippen LogP contribution in [0.15, 0.2) is 66.7 Å². The molecule has 1 spiro atoms. The second-order valence-electron chi connectivity index (χ2n) is 8.00. The van der Waals surface area contributed by atoms with Crippen molar-refractivity contribution in [1.29, 1.82) is 0 Å². The molecule has 2 amide bonds. The topological polar surface area (TPSA) is 40.6 Å². The minimum Gasteiger partial charge on any atom is -0.311 e. The summed E-state index contributed by atoms with van der Waals surface area (Å²) >= 11 is 7.61. The lowest BCUT2D eigenvalue weighted by atomic mass is 10.0. The van der Waals surface area contributed by atoms with Crippen LogP contribution in [0.5, 0.6) is 0 Å². The van der Waals surface area contributed by atoms with Crippen molar-refractivity contribution in [3.63, 3.8) is 0 Å². The zero-order valence-corrected chi connectivity index (χ0v) is 18.9. The highest BCUT2D eigenvalue weighted by atomic mass is 35.5. The summed E-state index contributed by atoms with van der Waals surface area (Å²) in [6.45, 7) is 2.74. The van der Waals surface area contributed by atoms with Gasteiger partial charge in [-0.05, 0) is 48.9 Å². The lowest BCUT2D eigenvalue weighted by Crippen LogP contribution is -2.50. The SMILES string of the molecule is Cc1ccc2c(c1)[C@]1(SCCN1C(=O)c1cccc(Cl)c1)C(=O)N2Cc1ccc(F)cc1. The molecule has 32 heavy (non-hydrogen) atoms. The molecule has 0 saturated carbocycles. The first-order chi connectivity index (χ1) is 15.4. The van der Waals surface area contributed by atoms with Crippen molar-refractivity contribution in [2.45, 2.75) is 18.3 Å². The molecule has 0 aromatic heterocycles. The molecule has 0 unspecified atom stereocenters. The zero-order chi connectivity index (χ0) is 22.5. The molecule has 0 radical (unpaired) electrons. The molecule has 1 saturated heterocycles. The quantitative estimate of drug-likeness (QED) is 0.520. The average molecular weight is 467 g/mol. The predicted octanol–water partition coefficient (Wildman–Crippen LogP) is 5.38. The number of carbonyl (C=O) groups excluding carboxylic acids is 2. The number of anilines is 1. The maximum Gasteiger partial charge on any atom is 0.268 e. The highest BCUT2D eigenvalue weighted by molar-refractivity contribution is 8.01. The van der Waals surface area contributed by atoms with Crippen molar-refractivity contribution in [1.82, 2.24) is 4.90 Å². The van der Waals surface area contributed by atoms with Gasteiger partial charge < -0.3 is 9.80 Å². The molecule has 2 aliphatic rings. The number of hydrogen-bond donors (Lipinski definition) is 0. The molecule has 162 valence electrons. The van der Waals surface area contributed by atoms with Gasteiger partial charge in [0.25, 0.3) is 11.8 Å². The molecule has 5 rings (SSSR count). The summed E-state index contributed by atoms with van der Waals surface area (Å²) in [5.41, 5.74) is 3.89. The second-order valence-corrected chi connectivity index (χ2v) is 9.72. The fourth-order valence-corrected chi connectivity index (χ4v) is 6.08. The van der Waals surface area contributed by atoms with Gasteiger partial charge in [0, 0.05) is 28.4 Å². The Labute approximate surface area is 195 Å². The minimum absolute atomic E-state index is 0.152. The van der Waals surface area contributed by atoms with Gasteiger partial charge in [-0.1, -0.05) is 47.5 Å². The molecular weight excluding hydrogens is 447 g/mol. The Morgan fingerprint density at radius 3 is 2.66 bits per heavy atom. The predicted molar refractivity (Wildman–Crippen MR) is 125 cm³/mol. The number of hydrogen-bond acceptors (Lipinski definition) is 3. The Hall–Kier alpha value is -2.83. The molecule has 1 fully saturated rings. The number of aryl methyl sites for hydroxylation is 1. The number of nitrogens with zero attached hydrogens (tertiary/aromatic N) is 2. The van der Waals surface area contributed by atoms with Crippen LogP contribution < -0.4 is 4.90 Å². The molecule has 7 heteroatoms. The molecular formula is C25H20ClFN2O2S. The van der Waals surface area contributed by atoms with Crippen LogP contribution in [0.4, 0.5) is 10.1 Å². The maximum atomic E-state index is 14.0. The monoisotopic (exact) mass is 466 g/mol. The van der Waals surface area contributed by atoms with Crippen LogP contribution in [0.2, 0.25) is 5.02 Å². The van der Waals surface area contributed by atoms with Gasteiger partial charge in [0.1, 0.15) is 5.82 Å². The molecule has 2 heterocycles. The fraction of sp³-hybridized carbons (Fsp3) is 0.200. The minimum atomic E-state index is -1.12. The summed E-state index contributed by atoms with van der Waals surface area (Å²) in [6.07, 6.45) is 0. The van der Waals surface area contributed by atoms with Crippen molar-refractivity contribution < 1.29 is 14.0 Å². The highest BCUT2D eigenvalue weighted by Gasteiger charge is 2.59. The van der Waals surface area contributed by atoms with Crippen LogP contribution in [0.1, 0.15) is 27.0 Å². The number of carbonyl (C=O) groups is 2. The first kappa shape index (κ1) is 21.0. The van der Waals surface area contributed by atoms with Gasteiger partial charge in [0.15, 0.2) is 4.87 Å². The van der Waals surface area contributed by atoms with E-state index < -0.39 is 4.87 Å². The Morgan fingerprint density at radius 2 is 1.91 bits per heavy atom. The first-order valence-electron chi connectivity index (χ1n) is 10.3. The van der Waals surface area contributed by atoms with Gasteiger partial charge in [-0.3, -0.25) is 9.59 Å². The van der Waals surface area contributed by atoms with Crippen molar-refractivity contribution in [3.05, 3.63) is 99.8 Å². The van der Waals surface area contributed by atoms with Crippen LogP contribution >= 0.6 is 23.4 Å². The molecule has 0 N–H and O–H groups in total. The third-order valence-electron chi connectivity index (χ3n) is 5.92. The van der Waals surface area contributed by atoms with Crippen LogP contribution in [0, 0.1) is 12.7 Å². The number of benzene rings is 3. The highest BCUT2D eigenvalue weighted by Crippen LogP contribution is 2.55. The van der Waals surface area contributed by atoms with Gasteiger partial charge in [-0.25, -0.2) is 4.39 Å². The molecule has 0 aliphatic carbocycles. The normalized spacial score (nSPS) is 19.7. The zero-order valence-electron chi connectivity index (χ0n) is 17.3. The molecule has 1 atom stereocenters. The van der Waals surface area contributed by atoms with E-state index in [-0.39, 0.29) is 17.6 Å². The van der Waals surface area contributed by atoms with E-state index in [2.05, 4.69) is 0 Å². The number of fused-ring (bicyclic) bond motifs is 2. The summed E-state index contributed by atoms with van der Waals surface area (Å²) in [5, 5.41) is 0.476. The number of halogens is 2. The van der Waals surface area contributed by atoms with E-state index in [0.717, 1.165) is 22.4 Å². The summed E-state index contributed by atoms with van der Waals surface area (Å²) in [7, 11) is 0. The molecule has 3 aromatic carbocycles. The summed E-state index contributed by atoms with van der Waals surface area (Å²) < 4.78 is 13.4. The summed E-state index contributed by atoms with van der Waals surface area (Å²) in [5.74, 6) is -0.0450. The lowest BCUT2D eigenvalue weighted by molar-refractivity contribution is -0.123.